The fraction of sp³-hybridized carbons (Fsp3) is 0.364. The maximum absolute atomic E-state index is 12.6. The summed E-state index contributed by atoms with van der Waals surface area (Å²) in [6.07, 6.45) is -4.78. The number of amides is 1. The van der Waals surface area contributed by atoms with Crippen molar-refractivity contribution in [3.05, 3.63) is 35.9 Å². The maximum Gasteiger partial charge on any atom is 0.400 e. The van der Waals surface area contributed by atoms with Gasteiger partial charge < -0.3 is 0 Å². The molecule has 1 heterocycles. The molecule has 92 valence electrons. The van der Waals surface area contributed by atoms with Gasteiger partial charge in [0, 0.05) is 0 Å². The average molecular weight is 244 g/mol. The summed E-state index contributed by atoms with van der Waals surface area (Å²) in [5.74, 6) is -2.97. The van der Waals surface area contributed by atoms with Crippen molar-refractivity contribution >= 4 is 5.91 Å². The molecule has 0 aliphatic carbocycles. The summed E-state index contributed by atoms with van der Waals surface area (Å²) in [6.45, 7) is 0. The fourth-order valence-electron chi connectivity index (χ4n) is 1.83. The zero-order valence-corrected chi connectivity index (χ0v) is 8.79. The van der Waals surface area contributed by atoms with E-state index in [4.69, 9.17) is 0 Å². The van der Waals surface area contributed by atoms with Crippen LogP contribution in [-0.2, 0) is 4.79 Å². The Balaban J connectivity index is 2.16. The molecule has 17 heavy (non-hydrogen) atoms. The van der Waals surface area contributed by atoms with Crippen LogP contribution in [0.3, 0.4) is 0 Å². The van der Waals surface area contributed by atoms with Crippen LogP contribution in [0.25, 0.3) is 0 Å². The summed E-state index contributed by atoms with van der Waals surface area (Å²) < 4.78 is 37.8. The maximum atomic E-state index is 12.6. The molecule has 1 aromatic carbocycles. The van der Waals surface area contributed by atoms with E-state index < -0.39 is 24.0 Å². The number of carbonyl (C=O) groups is 1. The van der Waals surface area contributed by atoms with Crippen LogP contribution in [0.5, 0.6) is 0 Å². The molecule has 2 atom stereocenters. The molecule has 0 aromatic heterocycles. The Bertz CT molecular complexity index is 405. The molecule has 0 saturated carbocycles. The van der Waals surface area contributed by atoms with Gasteiger partial charge in [0.25, 0.3) is 0 Å². The van der Waals surface area contributed by atoms with Crippen molar-refractivity contribution in [1.29, 1.82) is 0 Å². The molecule has 1 aliphatic heterocycles. The van der Waals surface area contributed by atoms with Gasteiger partial charge >= 0.3 is 6.18 Å². The van der Waals surface area contributed by atoms with Crippen molar-refractivity contribution in [2.45, 2.75) is 18.6 Å². The largest absolute Gasteiger partial charge is 0.400 e. The van der Waals surface area contributed by atoms with E-state index in [1.54, 1.807) is 30.3 Å². The minimum atomic E-state index is -4.50. The first kappa shape index (κ1) is 11.9. The number of benzene rings is 1. The molecular formula is C11H11F3N2O. The van der Waals surface area contributed by atoms with Crippen molar-refractivity contribution in [1.82, 2.24) is 10.9 Å². The Morgan fingerprint density at radius 1 is 1.18 bits per heavy atom. The van der Waals surface area contributed by atoms with Crippen LogP contribution in [-0.4, -0.2) is 12.1 Å². The lowest BCUT2D eigenvalue weighted by Crippen LogP contribution is -2.53. The van der Waals surface area contributed by atoms with Crippen LogP contribution in [0.2, 0.25) is 0 Å². The molecule has 6 heteroatoms. The van der Waals surface area contributed by atoms with Gasteiger partial charge in [0.05, 0.1) is 6.04 Å². The zero-order chi connectivity index (χ0) is 12.5. The lowest BCUT2D eigenvalue weighted by atomic mass is 9.92. The van der Waals surface area contributed by atoms with E-state index >= 15 is 0 Å². The van der Waals surface area contributed by atoms with E-state index in [0.717, 1.165) is 5.56 Å². The van der Waals surface area contributed by atoms with Crippen LogP contribution in [0, 0.1) is 5.92 Å². The fourth-order valence-corrected chi connectivity index (χ4v) is 1.83. The molecule has 1 aromatic rings. The third-order valence-electron chi connectivity index (χ3n) is 2.75. The SMILES string of the molecule is O=C1NNC(c2ccccc2)CC1C(F)(F)F. The first-order chi connectivity index (χ1) is 7.98. The molecule has 1 fully saturated rings. The van der Waals surface area contributed by atoms with E-state index in [0.29, 0.717) is 0 Å². The Hall–Kier alpha value is -1.56. The lowest BCUT2D eigenvalue weighted by molar-refractivity contribution is -0.190. The van der Waals surface area contributed by atoms with Gasteiger partial charge in [-0.15, -0.1) is 0 Å². The van der Waals surface area contributed by atoms with E-state index in [1.807, 2.05) is 0 Å². The second kappa shape index (κ2) is 4.37. The molecule has 1 aliphatic rings. The van der Waals surface area contributed by atoms with Crippen LogP contribution in [0.4, 0.5) is 13.2 Å². The predicted octanol–water partition coefficient (Wildman–Crippen LogP) is 1.93. The predicted molar refractivity (Wildman–Crippen MR) is 54.6 cm³/mol. The molecular weight excluding hydrogens is 233 g/mol. The van der Waals surface area contributed by atoms with Crippen molar-refractivity contribution in [2.75, 3.05) is 0 Å². The highest BCUT2D eigenvalue weighted by Gasteiger charge is 2.48. The first-order valence-corrected chi connectivity index (χ1v) is 5.15. The second-order valence-corrected chi connectivity index (χ2v) is 3.93. The number of hydrazine groups is 1. The summed E-state index contributed by atoms with van der Waals surface area (Å²) in [5, 5.41) is 0. The van der Waals surface area contributed by atoms with E-state index in [2.05, 4.69) is 10.9 Å². The van der Waals surface area contributed by atoms with Crippen LogP contribution in [0.1, 0.15) is 18.0 Å². The highest BCUT2D eigenvalue weighted by Crippen LogP contribution is 2.35. The van der Waals surface area contributed by atoms with Gasteiger partial charge in [-0.1, -0.05) is 30.3 Å². The van der Waals surface area contributed by atoms with Crippen molar-refractivity contribution < 1.29 is 18.0 Å². The van der Waals surface area contributed by atoms with Gasteiger partial charge in [-0.2, -0.15) is 13.2 Å². The highest BCUT2D eigenvalue weighted by molar-refractivity contribution is 5.79. The Morgan fingerprint density at radius 2 is 1.82 bits per heavy atom. The number of carbonyl (C=O) groups excluding carboxylic acids is 1. The van der Waals surface area contributed by atoms with Gasteiger partial charge in [-0.05, 0) is 12.0 Å². The van der Waals surface area contributed by atoms with Gasteiger partial charge in [0.1, 0.15) is 5.92 Å². The van der Waals surface area contributed by atoms with Crippen LogP contribution < -0.4 is 10.9 Å². The second-order valence-electron chi connectivity index (χ2n) is 3.93. The number of alkyl halides is 3. The van der Waals surface area contributed by atoms with Crippen LogP contribution in [0.15, 0.2) is 30.3 Å². The third-order valence-corrected chi connectivity index (χ3v) is 2.75. The van der Waals surface area contributed by atoms with Gasteiger partial charge in [-0.3, -0.25) is 10.2 Å². The number of rotatable bonds is 1. The van der Waals surface area contributed by atoms with E-state index in [9.17, 15) is 18.0 Å². The molecule has 0 bridgehead atoms. The number of nitrogens with one attached hydrogen (secondary N) is 2. The summed E-state index contributed by atoms with van der Waals surface area (Å²) in [7, 11) is 0. The van der Waals surface area contributed by atoms with Crippen molar-refractivity contribution in [3.8, 4) is 0 Å². The number of halogens is 3. The van der Waals surface area contributed by atoms with Gasteiger partial charge in [0.2, 0.25) is 5.91 Å². The quantitative estimate of drug-likeness (QED) is 0.792. The minimum Gasteiger partial charge on any atom is -0.290 e. The van der Waals surface area contributed by atoms with Crippen molar-refractivity contribution in [3.63, 3.8) is 0 Å². The average Bonchev–Trinajstić information content (AvgIpc) is 2.29. The smallest absolute Gasteiger partial charge is 0.290 e. The topological polar surface area (TPSA) is 41.1 Å². The first-order valence-electron chi connectivity index (χ1n) is 5.15. The number of hydrogen-bond acceptors (Lipinski definition) is 2. The zero-order valence-electron chi connectivity index (χ0n) is 8.79. The molecule has 0 radical (unpaired) electrons. The van der Waals surface area contributed by atoms with Gasteiger partial charge in [-0.25, -0.2) is 5.43 Å². The summed E-state index contributed by atoms with van der Waals surface area (Å²) in [5.41, 5.74) is 5.39. The summed E-state index contributed by atoms with van der Waals surface area (Å²) in [6, 6.07) is 8.21. The minimum absolute atomic E-state index is 0.278. The van der Waals surface area contributed by atoms with Crippen molar-refractivity contribution in [2.24, 2.45) is 5.92 Å². The van der Waals surface area contributed by atoms with E-state index in [1.165, 1.54) is 0 Å². The normalized spacial score (nSPS) is 25.5. The molecule has 1 amide bonds. The Kier molecular flexibility index (Phi) is 3.06. The standard InChI is InChI=1S/C11H11F3N2O/c12-11(13,14)8-6-9(15-16-10(8)17)7-4-2-1-3-5-7/h1-5,8-9,15H,6H2,(H,16,17). The number of hydrogen-bond donors (Lipinski definition) is 2. The lowest BCUT2D eigenvalue weighted by Gasteiger charge is -2.31. The summed E-state index contributed by atoms with van der Waals surface area (Å²) >= 11 is 0. The van der Waals surface area contributed by atoms with E-state index in [-0.39, 0.29) is 6.42 Å². The molecule has 2 unspecified atom stereocenters. The molecule has 0 spiro atoms. The summed E-state index contributed by atoms with van der Waals surface area (Å²) in [4.78, 5) is 11.1. The van der Waals surface area contributed by atoms with Crippen LogP contribution >= 0.6 is 0 Å². The molecule has 1 saturated heterocycles. The highest BCUT2D eigenvalue weighted by atomic mass is 19.4. The third kappa shape index (κ3) is 2.58. The molecule has 3 nitrogen and oxygen atoms in total. The monoisotopic (exact) mass is 244 g/mol. The molecule has 2 rings (SSSR count). The van der Waals surface area contributed by atoms with Gasteiger partial charge in [0.15, 0.2) is 0 Å². The Morgan fingerprint density at radius 3 is 2.41 bits per heavy atom. The Labute approximate surface area is 96.0 Å². The molecule has 2 N–H and O–H groups in total.